The van der Waals surface area contributed by atoms with Gasteiger partial charge in [-0.1, -0.05) is 0 Å². The van der Waals surface area contributed by atoms with E-state index in [1.165, 1.54) is 22.1 Å². The number of alkyl halides is 3. The molecule has 4 nitrogen and oxygen atoms in total. The summed E-state index contributed by atoms with van der Waals surface area (Å²) in [5, 5.41) is 0.519. The van der Waals surface area contributed by atoms with Crippen molar-refractivity contribution in [3.63, 3.8) is 0 Å². The maximum Gasteiger partial charge on any atom is 0.406 e. The molecule has 0 aliphatic carbocycles. The Morgan fingerprint density at radius 1 is 0.871 bits per heavy atom. The van der Waals surface area contributed by atoms with E-state index in [1.54, 1.807) is 26.4 Å². The lowest BCUT2D eigenvalue weighted by Crippen LogP contribution is -2.17. The molecule has 2 aromatic carbocycles. The second kappa shape index (κ2) is 8.47. The molecule has 2 aromatic heterocycles. The van der Waals surface area contributed by atoms with Gasteiger partial charge in [-0.25, -0.2) is 4.98 Å². The SMILES string of the molecule is COc1ccc(-c2nc(-c3cccn3CC(F)(F)F)sc2-c2ccc(OC)cc2)cc1. The molecule has 0 aliphatic rings. The first-order valence-corrected chi connectivity index (χ1v) is 10.2. The molecule has 0 spiro atoms. The summed E-state index contributed by atoms with van der Waals surface area (Å²) in [7, 11) is 3.19. The second-order valence-electron chi connectivity index (χ2n) is 6.79. The summed E-state index contributed by atoms with van der Waals surface area (Å²) in [5.41, 5.74) is 2.89. The number of aromatic nitrogens is 2. The maximum atomic E-state index is 13.0. The van der Waals surface area contributed by atoms with E-state index in [4.69, 9.17) is 14.5 Å². The highest BCUT2D eigenvalue weighted by Gasteiger charge is 2.29. The predicted octanol–water partition coefficient (Wildman–Crippen LogP) is 6.53. The first-order chi connectivity index (χ1) is 14.9. The van der Waals surface area contributed by atoms with Gasteiger partial charge in [-0.05, 0) is 66.2 Å². The zero-order chi connectivity index (χ0) is 22.0. The highest BCUT2D eigenvalue weighted by atomic mass is 32.1. The van der Waals surface area contributed by atoms with Crippen molar-refractivity contribution in [2.75, 3.05) is 14.2 Å². The topological polar surface area (TPSA) is 36.3 Å². The fourth-order valence-corrected chi connectivity index (χ4v) is 4.39. The quantitative estimate of drug-likeness (QED) is 0.339. The first kappa shape index (κ1) is 21.0. The van der Waals surface area contributed by atoms with Crippen LogP contribution in [0.25, 0.3) is 32.4 Å². The average Bonchev–Trinajstić information content (AvgIpc) is 3.39. The van der Waals surface area contributed by atoms with Crippen molar-refractivity contribution in [3.8, 4) is 43.9 Å². The van der Waals surface area contributed by atoms with Gasteiger partial charge in [0.1, 0.15) is 23.1 Å². The van der Waals surface area contributed by atoms with Gasteiger partial charge in [-0.2, -0.15) is 13.2 Å². The molecule has 160 valence electrons. The number of hydrogen-bond acceptors (Lipinski definition) is 4. The molecule has 31 heavy (non-hydrogen) atoms. The summed E-state index contributed by atoms with van der Waals surface area (Å²) in [6.45, 7) is -1.06. The number of nitrogens with zero attached hydrogens (tertiary/aromatic N) is 2. The Morgan fingerprint density at radius 2 is 1.45 bits per heavy atom. The molecule has 2 heterocycles. The van der Waals surface area contributed by atoms with Gasteiger partial charge < -0.3 is 14.0 Å². The van der Waals surface area contributed by atoms with Gasteiger partial charge in [0.15, 0.2) is 0 Å². The molecule has 0 atom stereocenters. The summed E-state index contributed by atoms with van der Waals surface area (Å²) >= 11 is 1.36. The van der Waals surface area contributed by atoms with Crippen molar-refractivity contribution in [2.24, 2.45) is 0 Å². The molecule has 0 saturated heterocycles. The number of methoxy groups -OCH3 is 2. The summed E-state index contributed by atoms with van der Waals surface area (Å²) in [6.07, 6.45) is -2.90. The number of halogens is 3. The number of benzene rings is 2. The molecule has 0 aliphatic heterocycles. The van der Waals surface area contributed by atoms with Crippen LogP contribution in [-0.2, 0) is 6.54 Å². The van der Waals surface area contributed by atoms with Crippen LogP contribution in [0.5, 0.6) is 11.5 Å². The lowest BCUT2D eigenvalue weighted by atomic mass is 10.1. The van der Waals surface area contributed by atoms with Gasteiger partial charge in [0.2, 0.25) is 0 Å². The molecular weight excluding hydrogens is 425 g/mol. The number of hydrogen-bond donors (Lipinski definition) is 0. The van der Waals surface area contributed by atoms with Crippen LogP contribution >= 0.6 is 11.3 Å². The van der Waals surface area contributed by atoms with Gasteiger partial charge >= 0.3 is 6.18 Å². The monoisotopic (exact) mass is 444 g/mol. The van der Waals surface area contributed by atoms with Crippen LogP contribution in [0.3, 0.4) is 0 Å². The number of rotatable bonds is 6. The van der Waals surface area contributed by atoms with Gasteiger partial charge in [0.25, 0.3) is 0 Å². The van der Waals surface area contributed by atoms with E-state index in [2.05, 4.69) is 0 Å². The Labute approximate surface area is 181 Å². The molecule has 0 unspecified atom stereocenters. The summed E-state index contributed by atoms with van der Waals surface area (Å²) in [4.78, 5) is 5.61. The fourth-order valence-electron chi connectivity index (χ4n) is 3.25. The molecule has 4 aromatic rings. The first-order valence-electron chi connectivity index (χ1n) is 9.40. The summed E-state index contributed by atoms with van der Waals surface area (Å²) < 4.78 is 50.7. The molecule has 0 radical (unpaired) electrons. The van der Waals surface area contributed by atoms with Crippen LogP contribution in [0.2, 0.25) is 0 Å². The van der Waals surface area contributed by atoms with E-state index >= 15 is 0 Å². The largest absolute Gasteiger partial charge is 0.497 e. The van der Waals surface area contributed by atoms with E-state index in [1.807, 2.05) is 48.5 Å². The minimum Gasteiger partial charge on any atom is -0.497 e. The maximum absolute atomic E-state index is 13.0. The summed E-state index contributed by atoms with van der Waals surface area (Å²) in [6, 6.07) is 18.2. The molecule has 0 fully saturated rings. The van der Waals surface area contributed by atoms with E-state index in [0.717, 1.165) is 21.8 Å². The molecule has 0 saturated carbocycles. The van der Waals surface area contributed by atoms with Gasteiger partial charge in [-0.15, -0.1) is 11.3 Å². The van der Waals surface area contributed by atoms with Crippen molar-refractivity contribution < 1.29 is 22.6 Å². The molecule has 0 amide bonds. The Morgan fingerprint density at radius 3 is 2.00 bits per heavy atom. The van der Waals surface area contributed by atoms with Gasteiger partial charge in [0, 0.05) is 11.8 Å². The third-order valence-corrected chi connectivity index (χ3v) is 5.87. The minimum absolute atomic E-state index is 0.428. The van der Waals surface area contributed by atoms with E-state index in [0.29, 0.717) is 22.1 Å². The fraction of sp³-hybridized carbons (Fsp3) is 0.174. The Kier molecular flexibility index (Phi) is 5.73. The predicted molar refractivity (Wildman–Crippen MR) is 116 cm³/mol. The van der Waals surface area contributed by atoms with Crippen molar-refractivity contribution in [2.45, 2.75) is 12.7 Å². The number of thiazole rings is 1. The highest BCUT2D eigenvalue weighted by Crippen LogP contribution is 2.41. The Bertz CT molecular complexity index is 1100. The van der Waals surface area contributed by atoms with Crippen molar-refractivity contribution in [3.05, 3.63) is 66.9 Å². The molecule has 0 bridgehead atoms. The highest BCUT2D eigenvalue weighted by molar-refractivity contribution is 7.18. The third-order valence-electron chi connectivity index (χ3n) is 4.74. The van der Waals surface area contributed by atoms with Crippen LogP contribution in [-0.4, -0.2) is 29.9 Å². The second-order valence-corrected chi connectivity index (χ2v) is 7.79. The van der Waals surface area contributed by atoms with E-state index in [-0.39, 0.29) is 0 Å². The smallest absolute Gasteiger partial charge is 0.406 e. The molecule has 8 heteroatoms. The van der Waals surface area contributed by atoms with E-state index in [9.17, 15) is 13.2 Å². The van der Waals surface area contributed by atoms with E-state index < -0.39 is 12.7 Å². The van der Waals surface area contributed by atoms with Crippen LogP contribution < -0.4 is 9.47 Å². The zero-order valence-electron chi connectivity index (χ0n) is 16.8. The standard InChI is InChI=1S/C23H19F3N2O2S/c1-29-17-9-5-15(6-10-17)20-21(16-7-11-18(30-2)12-8-16)31-22(27-20)19-4-3-13-28(19)14-23(24,25)26/h3-13H,14H2,1-2H3. The van der Waals surface area contributed by atoms with Crippen LogP contribution in [0.1, 0.15) is 0 Å². The average molecular weight is 444 g/mol. The van der Waals surface area contributed by atoms with Gasteiger partial charge in [-0.3, -0.25) is 0 Å². The third kappa shape index (κ3) is 4.59. The lowest BCUT2D eigenvalue weighted by molar-refractivity contribution is -0.140. The normalized spacial score (nSPS) is 11.5. The van der Waals surface area contributed by atoms with Crippen molar-refractivity contribution in [1.82, 2.24) is 9.55 Å². The molecular formula is C23H19F3N2O2S. The zero-order valence-corrected chi connectivity index (χ0v) is 17.6. The lowest BCUT2D eigenvalue weighted by Gasteiger charge is -2.10. The summed E-state index contributed by atoms with van der Waals surface area (Å²) in [5.74, 6) is 1.43. The van der Waals surface area contributed by atoms with Crippen LogP contribution in [0.4, 0.5) is 13.2 Å². The van der Waals surface area contributed by atoms with Crippen LogP contribution in [0, 0.1) is 0 Å². The van der Waals surface area contributed by atoms with Crippen molar-refractivity contribution in [1.29, 1.82) is 0 Å². The Hall–Kier alpha value is -3.26. The molecule has 4 rings (SSSR count). The number of ether oxygens (including phenoxy) is 2. The van der Waals surface area contributed by atoms with Crippen LogP contribution in [0.15, 0.2) is 66.9 Å². The van der Waals surface area contributed by atoms with Gasteiger partial charge in [0.05, 0.1) is 30.5 Å². The molecule has 0 N–H and O–H groups in total. The Balaban J connectivity index is 1.83. The minimum atomic E-state index is -4.32. The van der Waals surface area contributed by atoms with Crippen molar-refractivity contribution >= 4 is 11.3 Å².